The molecule has 0 rings (SSSR count). The SMILES string of the molecule is CCCCCCCCCCCCCCCCC(=CC(C)C(C)C(C)C(=O)N(C)CCCCN(C)C)CCCCCCCCCCCCCCCC. The zero-order valence-electron chi connectivity index (χ0n) is 36.7. The lowest BCUT2D eigenvalue weighted by atomic mass is 9.82. The van der Waals surface area contributed by atoms with Crippen molar-refractivity contribution in [3.05, 3.63) is 11.6 Å². The van der Waals surface area contributed by atoms with E-state index in [-0.39, 0.29) is 5.92 Å². The fourth-order valence-corrected chi connectivity index (χ4v) is 7.82. The Hall–Kier alpha value is -0.830. The summed E-state index contributed by atoms with van der Waals surface area (Å²) in [5.41, 5.74) is 1.68. The highest BCUT2D eigenvalue weighted by atomic mass is 16.2. The summed E-state index contributed by atoms with van der Waals surface area (Å²) in [7, 11) is 6.26. The molecular weight excluding hydrogens is 621 g/mol. The Labute approximate surface area is 323 Å². The van der Waals surface area contributed by atoms with Gasteiger partial charge in [-0.05, 0) is 71.0 Å². The van der Waals surface area contributed by atoms with Gasteiger partial charge in [0.15, 0.2) is 0 Å². The minimum Gasteiger partial charge on any atom is -0.346 e. The highest BCUT2D eigenvalue weighted by Gasteiger charge is 2.26. The molecule has 0 radical (unpaired) electrons. The lowest BCUT2D eigenvalue weighted by Crippen LogP contribution is -2.36. The van der Waals surface area contributed by atoms with Crippen molar-refractivity contribution in [1.29, 1.82) is 0 Å². The van der Waals surface area contributed by atoms with Crippen LogP contribution in [0.15, 0.2) is 11.6 Å². The molecule has 3 heteroatoms. The summed E-state index contributed by atoms with van der Waals surface area (Å²) < 4.78 is 0. The van der Waals surface area contributed by atoms with Gasteiger partial charge in [-0.3, -0.25) is 4.79 Å². The molecule has 0 bridgehead atoms. The van der Waals surface area contributed by atoms with E-state index in [1.165, 1.54) is 193 Å². The Balaban J connectivity index is 4.61. The Morgan fingerprint density at radius 3 is 1.10 bits per heavy atom. The number of carbonyl (C=O) groups excluding carboxylic acids is 1. The normalized spacial score (nSPS) is 13.4. The Kier molecular flexibility index (Phi) is 36.9. The predicted octanol–water partition coefficient (Wildman–Crippen LogP) is 15.4. The smallest absolute Gasteiger partial charge is 0.225 e. The van der Waals surface area contributed by atoms with Crippen molar-refractivity contribution < 1.29 is 4.79 Å². The number of amides is 1. The molecule has 0 aliphatic carbocycles. The molecule has 3 nitrogen and oxygen atoms in total. The second-order valence-corrected chi connectivity index (χ2v) is 17.3. The molecule has 1 amide bonds. The predicted molar refractivity (Wildman–Crippen MR) is 231 cm³/mol. The number of hydrogen-bond donors (Lipinski definition) is 0. The third-order valence-electron chi connectivity index (χ3n) is 11.9. The van der Waals surface area contributed by atoms with Crippen LogP contribution in [0.2, 0.25) is 0 Å². The van der Waals surface area contributed by atoms with Crippen molar-refractivity contribution in [3.63, 3.8) is 0 Å². The topological polar surface area (TPSA) is 23.6 Å². The summed E-state index contributed by atoms with van der Waals surface area (Å²) in [6.45, 7) is 13.5. The van der Waals surface area contributed by atoms with Gasteiger partial charge in [0.2, 0.25) is 5.91 Å². The maximum Gasteiger partial charge on any atom is 0.225 e. The summed E-state index contributed by atoms with van der Waals surface area (Å²) in [5, 5.41) is 0. The van der Waals surface area contributed by atoms with E-state index < -0.39 is 0 Å². The zero-order valence-corrected chi connectivity index (χ0v) is 36.7. The van der Waals surface area contributed by atoms with Crippen molar-refractivity contribution in [2.24, 2.45) is 17.8 Å². The van der Waals surface area contributed by atoms with Crippen LogP contribution in [0.1, 0.15) is 240 Å². The standard InChI is InChI=1S/C48H96N2O/c1-9-11-13-15-17-19-21-23-25-27-29-31-33-35-39-47(40-36-34-32-30-28-26-24-22-20-18-16-14-12-10-2)43-44(3)45(4)46(5)48(51)50(8)42-38-37-41-49(6)7/h43-46H,9-42H2,1-8H3. The molecule has 0 aliphatic rings. The molecule has 304 valence electrons. The first-order valence-corrected chi connectivity index (χ1v) is 23.3. The molecule has 0 spiro atoms. The summed E-state index contributed by atoms with van der Waals surface area (Å²) in [6.07, 6.45) is 47.2. The molecule has 51 heavy (non-hydrogen) atoms. The fraction of sp³-hybridized carbons (Fsp3) is 0.938. The van der Waals surface area contributed by atoms with Crippen LogP contribution in [-0.4, -0.2) is 49.9 Å². The van der Waals surface area contributed by atoms with Gasteiger partial charge in [-0.1, -0.05) is 213 Å². The quantitative estimate of drug-likeness (QED) is 0.0467. The van der Waals surface area contributed by atoms with Crippen LogP contribution in [0, 0.1) is 17.8 Å². The first-order valence-electron chi connectivity index (χ1n) is 23.3. The summed E-state index contributed by atoms with van der Waals surface area (Å²) in [6, 6.07) is 0. The van der Waals surface area contributed by atoms with Gasteiger partial charge in [-0.15, -0.1) is 0 Å². The third kappa shape index (κ3) is 32.3. The van der Waals surface area contributed by atoms with E-state index in [1.54, 1.807) is 5.57 Å². The van der Waals surface area contributed by atoms with E-state index in [4.69, 9.17) is 0 Å². The second kappa shape index (κ2) is 37.5. The molecular formula is C48H96N2O. The van der Waals surface area contributed by atoms with Gasteiger partial charge in [0.1, 0.15) is 0 Å². The largest absolute Gasteiger partial charge is 0.346 e. The molecule has 0 heterocycles. The average molecular weight is 717 g/mol. The van der Waals surface area contributed by atoms with Crippen LogP contribution in [0.5, 0.6) is 0 Å². The highest BCUT2D eigenvalue weighted by Crippen LogP contribution is 2.28. The molecule has 3 unspecified atom stereocenters. The average Bonchev–Trinajstić information content (AvgIpc) is 3.12. The molecule has 0 N–H and O–H groups in total. The van der Waals surface area contributed by atoms with E-state index >= 15 is 0 Å². The van der Waals surface area contributed by atoms with Gasteiger partial charge in [0.05, 0.1) is 0 Å². The van der Waals surface area contributed by atoms with E-state index in [0.29, 0.717) is 17.7 Å². The minimum absolute atomic E-state index is 0.0680. The summed E-state index contributed by atoms with van der Waals surface area (Å²) in [5.74, 6) is 1.20. The van der Waals surface area contributed by atoms with E-state index in [1.807, 2.05) is 11.9 Å². The second-order valence-electron chi connectivity index (χ2n) is 17.3. The van der Waals surface area contributed by atoms with Crippen LogP contribution in [0.3, 0.4) is 0 Å². The number of nitrogens with zero attached hydrogens (tertiary/aromatic N) is 2. The van der Waals surface area contributed by atoms with Crippen molar-refractivity contribution in [2.45, 2.75) is 240 Å². The Morgan fingerprint density at radius 2 is 0.765 bits per heavy atom. The molecule has 0 saturated carbocycles. The monoisotopic (exact) mass is 717 g/mol. The van der Waals surface area contributed by atoms with E-state index in [2.05, 4.69) is 59.7 Å². The summed E-state index contributed by atoms with van der Waals surface area (Å²) >= 11 is 0. The van der Waals surface area contributed by atoms with Gasteiger partial charge >= 0.3 is 0 Å². The highest BCUT2D eigenvalue weighted by molar-refractivity contribution is 5.78. The van der Waals surface area contributed by atoms with Crippen molar-refractivity contribution in [1.82, 2.24) is 9.80 Å². The van der Waals surface area contributed by atoms with Crippen molar-refractivity contribution in [2.75, 3.05) is 34.2 Å². The van der Waals surface area contributed by atoms with Gasteiger partial charge in [-0.2, -0.15) is 0 Å². The molecule has 3 atom stereocenters. The fourth-order valence-electron chi connectivity index (χ4n) is 7.82. The first kappa shape index (κ1) is 50.2. The first-order chi connectivity index (χ1) is 24.7. The van der Waals surface area contributed by atoms with Crippen molar-refractivity contribution in [3.8, 4) is 0 Å². The number of unbranched alkanes of at least 4 members (excludes halogenated alkanes) is 27. The molecule has 0 aliphatic heterocycles. The molecule has 0 aromatic rings. The number of carbonyl (C=O) groups is 1. The molecule has 0 saturated heterocycles. The minimum atomic E-state index is 0.0680. The van der Waals surface area contributed by atoms with Crippen molar-refractivity contribution >= 4 is 5.91 Å². The zero-order chi connectivity index (χ0) is 37.8. The van der Waals surface area contributed by atoms with Gasteiger partial charge in [-0.25, -0.2) is 0 Å². The van der Waals surface area contributed by atoms with Crippen LogP contribution >= 0.6 is 0 Å². The Morgan fingerprint density at radius 1 is 0.451 bits per heavy atom. The van der Waals surface area contributed by atoms with E-state index in [9.17, 15) is 4.79 Å². The lowest BCUT2D eigenvalue weighted by molar-refractivity contribution is -0.135. The molecule has 0 fully saturated rings. The lowest BCUT2D eigenvalue weighted by Gasteiger charge is -2.28. The summed E-state index contributed by atoms with van der Waals surface area (Å²) in [4.78, 5) is 17.6. The number of allylic oxidation sites excluding steroid dienone is 2. The van der Waals surface area contributed by atoms with Gasteiger partial charge < -0.3 is 9.80 Å². The maximum atomic E-state index is 13.3. The third-order valence-corrected chi connectivity index (χ3v) is 11.9. The van der Waals surface area contributed by atoms with Gasteiger partial charge in [0.25, 0.3) is 0 Å². The van der Waals surface area contributed by atoms with Crippen LogP contribution < -0.4 is 0 Å². The van der Waals surface area contributed by atoms with Crippen LogP contribution in [0.4, 0.5) is 0 Å². The van der Waals surface area contributed by atoms with Crippen LogP contribution in [-0.2, 0) is 4.79 Å². The van der Waals surface area contributed by atoms with Gasteiger partial charge in [0, 0.05) is 19.5 Å². The number of hydrogen-bond acceptors (Lipinski definition) is 2. The Bertz CT molecular complexity index is 726. The van der Waals surface area contributed by atoms with Crippen LogP contribution in [0.25, 0.3) is 0 Å². The number of rotatable bonds is 39. The van der Waals surface area contributed by atoms with E-state index in [0.717, 1.165) is 25.9 Å². The molecule has 0 aromatic heterocycles. The molecule has 0 aromatic carbocycles. The maximum absolute atomic E-state index is 13.3.